The van der Waals surface area contributed by atoms with E-state index in [-0.39, 0.29) is 18.2 Å². The Morgan fingerprint density at radius 3 is 2.80 bits per heavy atom. The Bertz CT molecular complexity index is 1160. The van der Waals surface area contributed by atoms with Crippen molar-refractivity contribution in [2.24, 2.45) is 5.92 Å². The molecule has 0 saturated heterocycles. The third-order valence-electron chi connectivity index (χ3n) is 5.77. The number of aromatic nitrogens is 5. The molecular weight excluding hydrogens is 386 g/mol. The Kier molecular flexibility index (Phi) is 4.72. The summed E-state index contributed by atoms with van der Waals surface area (Å²) in [5.74, 6) is 5.41. The SMILES string of the molecule is CNC(=O)[C@H]1CC[C@](O)(n2cnc3c(NC)nc(C#Cc4ccc[nH]4)nc32)[C@@]1(C)O. The van der Waals surface area contributed by atoms with Gasteiger partial charge < -0.3 is 25.8 Å². The number of fused-ring (bicyclic) bond motifs is 1. The van der Waals surface area contributed by atoms with Crippen LogP contribution in [0, 0.1) is 17.8 Å². The molecule has 4 rings (SSSR count). The van der Waals surface area contributed by atoms with Gasteiger partial charge in [0.05, 0.1) is 17.9 Å². The molecule has 0 unspecified atom stereocenters. The van der Waals surface area contributed by atoms with E-state index in [1.165, 1.54) is 24.9 Å². The number of amides is 1. The molecule has 1 aliphatic carbocycles. The van der Waals surface area contributed by atoms with E-state index < -0.39 is 17.2 Å². The second-order valence-electron chi connectivity index (χ2n) is 7.44. The highest BCUT2D eigenvalue weighted by atomic mass is 16.4. The van der Waals surface area contributed by atoms with Crippen molar-refractivity contribution in [3.63, 3.8) is 0 Å². The highest BCUT2D eigenvalue weighted by molar-refractivity contribution is 5.84. The van der Waals surface area contributed by atoms with E-state index in [0.29, 0.717) is 29.1 Å². The third kappa shape index (κ3) is 2.91. The molecule has 1 aliphatic rings. The molecule has 3 heterocycles. The van der Waals surface area contributed by atoms with Crippen LogP contribution in [0.2, 0.25) is 0 Å². The Morgan fingerprint density at radius 1 is 1.33 bits per heavy atom. The van der Waals surface area contributed by atoms with Crippen LogP contribution in [-0.2, 0) is 10.5 Å². The first kappa shape index (κ1) is 19.9. The molecule has 3 aromatic heterocycles. The van der Waals surface area contributed by atoms with Crippen LogP contribution >= 0.6 is 0 Å². The van der Waals surface area contributed by atoms with E-state index in [4.69, 9.17) is 0 Å². The van der Waals surface area contributed by atoms with E-state index in [1.807, 2.05) is 12.1 Å². The first-order chi connectivity index (χ1) is 14.3. The number of aromatic amines is 1. The number of hydrogen-bond acceptors (Lipinski definition) is 7. The molecule has 156 valence electrons. The lowest BCUT2D eigenvalue weighted by atomic mass is 9.87. The normalized spacial score (nSPS) is 25.7. The van der Waals surface area contributed by atoms with Gasteiger partial charge in [-0.1, -0.05) is 0 Å². The molecule has 3 aromatic rings. The van der Waals surface area contributed by atoms with Gasteiger partial charge in [-0.05, 0) is 43.7 Å². The van der Waals surface area contributed by atoms with Crippen LogP contribution in [-0.4, -0.2) is 60.3 Å². The Morgan fingerprint density at radius 2 is 2.13 bits per heavy atom. The van der Waals surface area contributed by atoms with E-state index in [0.717, 1.165) is 0 Å². The molecule has 30 heavy (non-hydrogen) atoms. The van der Waals surface area contributed by atoms with Crippen LogP contribution in [0.15, 0.2) is 24.7 Å². The van der Waals surface area contributed by atoms with Gasteiger partial charge in [-0.3, -0.25) is 9.36 Å². The van der Waals surface area contributed by atoms with Crippen LogP contribution in [0.3, 0.4) is 0 Å². The molecule has 1 saturated carbocycles. The van der Waals surface area contributed by atoms with Crippen molar-refractivity contribution in [3.05, 3.63) is 36.2 Å². The summed E-state index contributed by atoms with van der Waals surface area (Å²) in [5.41, 5.74) is -2.06. The fourth-order valence-corrected chi connectivity index (χ4v) is 4.02. The van der Waals surface area contributed by atoms with Crippen molar-refractivity contribution in [1.82, 2.24) is 29.8 Å². The summed E-state index contributed by atoms with van der Waals surface area (Å²) in [6.07, 6.45) is 3.64. The molecule has 10 heteroatoms. The molecule has 0 spiro atoms. The number of nitrogens with one attached hydrogen (secondary N) is 3. The zero-order valence-electron chi connectivity index (χ0n) is 16.9. The van der Waals surface area contributed by atoms with Crippen molar-refractivity contribution in [2.75, 3.05) is 19.4 Å². The minimum Gasteiger partial charge on any atom is -0.384 e. The maximum absolute atomic E-state index is 12.2. The summed E-state index contributed by atoms with van der Waals surface area (Å²) < 4.78 is 1.41. The van der Waals surface area contributed by atoms with Crippen LogP contribution in [0.5, 0.6) is 0 Å². The minimum absolute atomic E-state index is 0.159. The van der Waals surface area contributed by atoms with Gasteiger partial charge in [0.2, 0.25) is 11.7 Å². The summed E-state index contributed by atoms with van der Waals surface area (Å²) in [5, 5.41) is 28.2. The maximum atomic E-state index is 12.2. The maximum Gasteiger partial charge on any atom is 0.225 e. The second kappa shape index (κ2) is 7.12. The molecular formula is C20H23N7O3. The van der Waals surface area contributed by atoms with Gasteiger partial charge in [0, 0.05) is 20.3 Å². The Balaban J connectivity index is 1.84. The average molecular weight is 409 g/mol. The van der Waals surface area contributed by atoms with Crippen LogP contribution in [0.1, 0.15) is 31.3 Å². The van der Waals surface area contributed by atoms with Crippen LogP contribution in [0.4, 0.5) is 5.82 Å². The van der Waals surface area contributed by atoms with Gasteiger partial charge in [-0.15, -0.1) is 0 Å². The summed E-state index contributed by atoms with van der Waals surface area (Å²) in [6, 6.07) is 3.66. The fraction of sp³-hybridized carbons (Fsp3) is 0.400. The third-order valence-corrected chi connectivity index (χ3v) is 5.77. The van der Waals surface area contributed by atoms with Crippen molar-refractivity contribution in [1.29, 1.82) is 0 Å². The molecule has 1 fully saturated rings. The summed E-state index contributed by atoms with van der Waals surface area (Å²) in [6.45, 7) is 1.46. The highest BCUT2D eigenvalue weighted by Gasteiger charge is 2.60. The molecule has 10 nitrogen and oxygen atoms in total. The van der Waals surface area contributed by atoms with E-state index in [9.17, 15) is 15.0 Å². The highest BCUT2D eigenvalue weighted by Crippen LogP contribution is 2.47. The topological polar surface area (TPSA) is 141 Å². The predicted octanol–water partition coefficient (Wildman–Crippen LogP) is 0.148. The number of anilines is 1. The van der Waals surface area contributed by atoms with Gasteiger partial charge in [-0.25, -0.2) is 15.0 Å². The van der Waals surface area contributed by atoms with E-state index >= 15 is 0 Å². The van der Waals surface area contributed by atoms with Gasteiger partial charge in [0.15, 0.2) is 22.7 Å². The molecule has 3 atom stereocenters. The summed E-state index contributed by atoms with van der Waals surface area (Å²) >= 11 is 0. The number of aliphatic hydroxyl groups is 2. The quantitative estimate of drug-likeness (QED) is 0.388. The second-order valence-corrected chi connectivity index (χ2v) is 7.44. The van der Waals surface area contributed by atoms with E-state index in [2.05, 4.69) is 42.4 Å². The lowest BCUT2D eigenvalue weighted by molar-refractivity contribution is -0.189. The minimum atomic E-state index is -1.78. The monoisotopic (exact) mass is 409 g/mol. The van der Waals surface area contributed by atoms with E-state index in [1.54, 1.807) is 13.2 Å². The number of hydrogen-bond donors (Lipinski definition) is 5. The Labute approximate surface area is 172 Å². The van der Waals surface area contributed by atoms with Gasteiger partial charge in [0.25, 0.3) is 0 Å². The van der Waals surface area contributed by atoms with Crippen molar-refractivity contribution in [3.8, 4) is 11.8 Å². The van der Waals surface area contributed by atoms with Gasteiger partial charge >= 0.3 is 0 Å². The fourth-order valence-electron chi connectivity index (χ4n) is 4.02. The zero-order valence-corrected chi connectivity index (χ0v) is 16.9. The first-order valence-corrected chi connectivity index (χ1v) is 9.57. The largest absolute Gasteiger partial charge is 0.384 e. The number of carbonyl (C=O) groups is 1. The Hall–Kier alpha value is -3.42. The molecule has 5 N–H and O–H groups in total. The smallest absolute Gasteiger partial charge is 0.225 e. The lowest BCUT2D eigenvalue weighted by Crippen LogP contribution is -2.55. The van der Waals surface area contributed by atoms with Crippen molar-refractivity contribution in [2.45, 2.75) is 31.1 Å². The lowest BCUT2D eigenvalue weighted by Gasteiger charge is -2.38. The van der Waals surface area contributed by atoms with Gasteiger partial charge in [0.1, 0.15) is 5.60 Å². The summed E-state index contributed by atoms with van der Waals surface area (Å²) in [4.78, 5) is 28.4. The van der Waals surface area contributed by atoms with Crippen molar-refractivity contribution >= 4 is 22.9 Å². The number of nitrogens with zero attached hydrogens (tertiary/aromatic N) is 4. The number of H-pyrrole nitrogens is 1. The number of rotatable bonds is 3. The molecule has 1 amide bonds. The number of carbonyl (C=O) groups excluding carboxylic acids is 1. The molecule has 0 radical (unpaired) electrons. The van der Waals surface area contributed by atoms with Crippen LogP contribution < -0.4 is 10.6 Å². The standard InChI is InChI=1S/C20H23N7O3/c1-19(29)13(18(28)22-3)8-9-20(19,30)27-11-24-15-16(21-2)25-14(26-17(15)27)7-6-12-5-4-10-23-12/h4-5,10-11,13,23,29-30H,8-9H2,1-3H3,(H,22,28)(H,21,25,26)/t13-,19+,20-/m1/s1. The predicted molar refractivity (Wildman–Crippen MR) is 109 cm³/mol. The molecule has 0 bridgehead atoms. The first-order valence-electron chi connectivity index (χ1n) is 9.57. The van der Waals surface area contributed by atoms with Crippen LogP contribution in [0.25, 0.3) is 11.2 Å². The number of imidazole rings is 1. The van der Waals surface area contributed by atoms with Crippen molar-refractivity contribution < 1.29 is 15.0 Å². The van der Waals surface area contributed by atoms with Gasteiger partial charge in [-0.2, -0.15) is 0 Å². The zero-order chi connectivity index (χ0) is 21.5. The molecule has 0 aromatic carbocycles. The summed E-state index contributed by atoms with van der Waals surface area (Å²) in [7, 11) is 3.20. The average Bonchev–Trinajstić information content (AvgIpc) is 3.45. The molecule has 0 aliphatic heterocycles.